The maximum absolute atomic E-state index is 12.8. The lowest BCUT2D eigenvalue weighted by Crippen LogP contribution is -2.23. The molecule has 26 heavy (non-hydrogen) atoms. The van der Waals surface area contributed by atoms with E-state index in [-0.39, 0.29) is 0 Å². The maximum atomic E-state index is 12.8. The smallest absolute Gasteiger partial charge is 0.330 e. The minimum Gasteiger partial charge on any atom is -0.330 e. The van der Waals surface area contributed by atoms with E-state index in [0.717, 1.165) is 55.5 Å². The van der Waals surface area contributed by atoms with E-state index in [0.29, 0.717) is 17.6 Å². The molecule has 0 unspecified atom stereocenters. The molecule has 0 radical (unpaired) electrons. The lowest BCUT2D eigenvalue weighted by Gasteiger charge is -2.27. The first-order chi connectivity index (χ1) is 12.4. The monoisotopic (exact) mass is 363 g/mol. The highest BCUT2D eigenvalue weighted by Crippen LogP contribution is 2.33. The highest BCUT2D eigenvalue weighted by molar-refractivity contribution is 5.80. The first kappa shape index (κ1) is 17.1. The summed E-state index contributed by atoms with van der Waals surface area (Å²) in [6, 6.07) is 5.75. The molecule has 2 N–H and O–H groups in total. The fourth-order valence-electron chi connectivity index (χ4n) is 3.61. The average molecular weight is 363 g/mol. The predicted octanol–water partition coefficient (Wildman–Crippen LogP) is 3.93. The van der Waals surface area contributed by atoms with E-state index in [4.69, 9.17) is 5.73 Å². The van der Waals surface area contributed by atoms with Gasteiger partial charge >= 0.3 is 6.18 Å². The molecule has 0 aliphatic heterocycles. The van der Waals surface area contributed by atoms with E-state index in [9.17, 15) is 13.2 Å². The number of alkyl halides is 3. The Labute approximate surface area is 148 Å². The van der Waals surface area contributed by atoms with E-state index in [1.807, 2.05) is 16.9 Å². The Morgan fingerprint density at radius 3 is 2.54 bits per heavy atom. The largest absolute Gasteiger partial charge is 0.419 e. The highest BCUT2D eigenvalue weighted by atomic mass is 19.4. The molecule has 3 aromatic rings. The fourth-order valence-corrected chi connectivity index (χ4v) is 3.61. The number of nitrogens with two attached hydrogens (primary N) is 1. The van der Waals surface area contributed by atoms with Crippen molar-refractivity contribution in [3.63, 3.8) is 0 Å². The summed E-state index contributed by atoms with van der Waals surface area (Å²) in [6.07, 6.45) is 3.76. The Bertz CT molecular complexity index is 903. The van der Waals surface area contributed by atoms with Crippen molar-refractivity contribution in [1.29, 1.82) is 0 Å². The second kappa shape index (κ2) is 6.42. The molecule has 0 bridgehead atoms. The number of fused-ring (bicyclic) bond motifs is 1. The van der Waals surface area contributed by atoms with Crippen molar-refractivity contribution >= 4 is 10.9 Å². The van der Waals surface area contributed by atoms with Crippen LogP contribution in [0.1, 0.15) is 37.3 Å². The molecule has 8 heteroatoms. The first-order valence-electron chi connectivity index (χ1n) is 8.75. The zero-order valence-electron chi connectivity index (χ0n) is 14.2. The van der Waals surface area contributed by atoms with Crippen LogP contribution in [0.3, 0.4) is 0 Å². The van der Waals surface area contributed by atoms with Crippen molar-refractivity contribution in [1.82, 2.24) is 19.6 Å². The summed E-state index contributed by atoms with van der Waals surface area (Å²) < 4.78 is 41.5. The maximum Gasteiger partial charge on any atom is 0.419 e. The van der Waals surface area contributed by atoms with Crippen molar-refractivity contribution < 1.29 is 13.2 Å². The van der Waals surface area contributed by atoms with E-state index in [1.54, 1.807) is 12.1 Å². The lowest BCUT2D eigenvalue weighted by atomic mass is 9.86. The number of benzene rings is 1. The summed E-state index contributed by atoms with van der Waals surface area (Å²) in [4.78, 5) is 0. The van der Waals surface area contributed by atoms with Gasteiger partial charge in [-0.3, -0.25) is 4.68 Å². The standard InChI is InChI=1S/C18H20F3N5/c19-18(20,21)14-9-23-25(11-14)16-6-3-13-10-26(24-17(13)7-16)15-4-1-12(8-22)2-5-15/h3,6-7,9-12,15H,1-2,4-5,8,22H2/t12-,15-. The number of hydrogen-bond acceptors (Lipinski definition) is 3. The quantitative estimate of drug-likeness (QED) is 0.767. The molecule has 1 aromatic carbocycles. The Kier molecular flexibility index (Phi) is 4.22. The molecular formula is C18H20F3N5. The van der Waals surface area contributed by atoms with Gasteiger partial charge in [-0.05, 0) is 56.3 Å². The second-order valence-electron chi connectivity index (χ2n) is 6.93. The summed E-state index contributed by atoms with van der Waals surface area (Å²) in [7, 11) is 0. The third kappa shape index (κ3) is 3.21. The normalized spacial score (nSPS) is 21.4. The van der Waals surface area contributed by atoms with Crippen LogP contribution >= 0.6 is 0 Å². The number of aromatic nitrogens is 4. The van der Waals surface area contributed by atoms with E-state index in [1.165, 1.54) is 4.68 Å². The minimum absolute atomic E-state index is 0.357. The molecule has 0 saturated heterocycles. The molecule has 0 spiro atoms. The molecule has 4 rings (SSSR count). The summed E-state index contributed by atoms with van der Waals surface area (Å²) >= 11 is 0. The summed E-state index contributed by atoms with van der Waals surface area (Å²) in [5, 5.41) is 9.45. The van der Waals surface area contributed by atoms with Crippen LogP contribution in [0.5, 0.6) is 0 Å². The van der Waals surface area contributed by atoms with Gasteiger partial charge in [0, 0.05) is 17.8 Å². The summed E-state index contributed by atoms with van der Waals surface area (Å²) in [6.45, 7) is 0.737. The predicted molar refractivity (Wildman–Crippen MR) is 91.9 cm³/mol. The molecule has 5 nitrogen and oxygen atoms in total. The van der Waals surface area contributed by atoms with Crippen molar-refractivity contribution in [3.05, 3.63) is 42.4 Å². The van der Waals surface area contributed by atoms with Crippen LogP contribution in [0, 0.1) is 5.92 Å². The van der Waals surface area contributed by atoms with Crippen LogP contribution in [-0.2, 0) is 6.18 Å². The topological polar surface area (TPSA) is 61.7 Å². The Balaban J connectivity index is 1.59. The molecule has 0 atom stereocenters. The van der Waals surface area contributed by atoms with Crippen LogP contribution in [0.4, 0.5) is 13.2 Å². The Hall–Kier alpha value is -2.35. The number of nitrogens with zero attached hydrogens (tertiary/aromatic N) is 4. The average Bonchev–Trinajstić information content (AvgIpc) is 3.28. The minimum atomic E-state index is -4.40. The Morgan fingerprint density at radius 2 is 1.88 bits per heavy atom. The molecule has 0 amide bonds. The van der Waals surface area contributed by atoms with Gasteiger partial charge in [0.15, 0.2) is 0 Å². The van der Waals surface area contributed by atoms with Gasteiger partial charge in [0.25, 0.3) is 0 Å². The van der Waals surface area contributed by atoms with E-state index < -0.39 is 11.7 Å². The van der Waals surface area contributed by atoms with Gasteiger partial charge in [-0.25, -0.2) is 4.68 Å². The zero-order chi connectivity index (χ0) is 18.3. The highest BCUT2D eigenvalue weighted by Gasteiger charge is 2.32. The van der Waals surface area contributed by atoms with E-state index >= 15 is 0 Å². The zero-order valence-corrected chi connectivity index (χ0v) is 14.2. The van der Waals surface area contributed by atoms with Crippen LogP contribution in [0.25, 0.3) is 16.6 Å². The second-order valence-corrected chi connectivity index (χ2v) is 6.93. The third-order valence-corrected chi connectivity index (χ3v) is 5.21. The van der Waals surface area contributed by atoms with E-state index in [2.05, 4.69) is 10.2 Å². The number of halogens is 3. The molecule has 1 fully saturated rings. The van der Waals surface area contributed by atoms with Crippen molar-refractivity contribution in [2.75, 3.05) is 6.54 Å². The molecule has 2 aromatic heterocycles. The molecule has 1 aliphatic rings. The van der Waals surface area contributed by atoms with Gasteiger partial charge in [-0.1, -0.05) is 0 Å². The van der Waals surface area contributed by atoms with Crippen molar-refractivity contribution in [2.45, 2.75) is 37.9 Å². The van der Waals surface area contributed by atoms with Gasteiger partial charge in [-0.2, -0.15) is 23.4 Å². The lowest BCUT2D eigenvalue weighted by molar-refractivity contribution is -0.137. The van der Waals surface area contributed by atoms with Gasteiger partial charge < -0.3 is 5.73 Å². The summed E-state index contributed by atoms with van der Waals surface area (Å²) in [5.41, 5.74) is 6.30. The number of hydrogen-bond donors (Lipinski definition) is 1. The first-order valence-corrected chi connectivity index (χ1v) is 8.75. The van der Waals surface area contributed by atoms with Gasteiger partial charge in [0.1, 0.15) is 0 Å². The number of rotatable bonds is 3. The summed E-state index contributed by atoms with van der Waals surface area (Å²) in [5.74, 6) is 0.602. The molecule has 1 aliphatic carbocycles. The molecular weight excluding hydrogens is 343 g/mol. The third-order valence-electron chi connectivity index (χ3n) is 5.21. The molecule has 138 valence electrons. The SMILES string of the molecule is NC[C@H]1CC[C@H](n2cc3ccc(-n4cc(C(F)(F)F)cn4)cc3n2)CC1. The van der Waals surface area contributed by atoms with Crippen LogP contribution < -0.4 is 5.73 Å². The molecule has 1 saturated carbocycles. The van der Waals surface area contributed by atoms with Crippen LogP contribution in [0.2, 0.25) is 0 Å². The Morgan fingerprint density at radius 1 is 1.12 bits per heavy atom. The van der Waals surface area contributed by atoms with Crippen LogP contribution in [-0.4, -0.2) is 26.1 Å². The van der Waals surface area contributed by atoms with Crippen molar-refractivity contribution in [2.24, 2.45) is 11.7 Å². The van der Waals surface area contributed by atoms with Crippen molar-refractivity contribution in [3.8, 4) is 5.69 Å². The van der Waals surface area contributed by atoms with Crippen LogP contribution in [0.15, 0.2) is 36.8 Å². The van der Waals surface area contributed by atoms with Gasteiger partial charge in [0.2, 0.25) is 0 Å². The molecule has 2 heterocycles. The fraction of sp³-hybridized carbons (Fsp3) is 0.444. The van der Waals surface area contributed by atoms with Gasteiger partial charge in [-0.15, -0.1) is 0 Å². The van der Waals surface area contributed by atoms with Gasteiger partial charge in [0.05, 0.1) is 29.0 Å².